The summed E-state index contributed by atoms with van der Waals surface area (Å²) in [5, 5.41) is 12.1. The standard InChI is InChI=1S/C25H19ClO3/c26-21-11-7-17(8-12-21)18-9-13-22(14-10-18)29-16-15-20-6-5-19-3-1-2-4-23(19)24(20)25(27)28/h1-14H,15-16H2,(H,27,28). The number of aromatic carboxylic acids is 1. The molecule has 4 heteroatoms. The summed E-state index contributed by atoms with van der Waals surface area (Å²) in [7, 11) is 0. The van der Waals surface area contributed by atoms with E-state index >= 15 is 0 Å². The molecule has 0 amide bonds. The Morgan fingerprint density at radius 1 is 0.828 bits per heavy atom. The van der Waals surface area contributed by atoms with Gasteiger partial charge in [-0.05, 0) is 51.7 Å². The van der Waals surface area contributed by atoms with Crippen molar-refractivity contribution < 1.29 is 14.6 Å². The second-order valence-corrected chi connectivity index (χ2v) is 7.19. The Morgan fingerprint density at radius 3 is 2.17 bits per heavy atom. The van der Waals surface area contributed by atoms with Crippen molar-refractivity contribution >= 4 is 28.3 Å². The van der Waals surface area contributed by atoms with E-state index in [4.69, 9.17) is 16.3 Å². The van der Waals surface area contributed by atoms with E-state index in [-0.39, 0.29) is 0 Å². The van der Waals surface area contributed by atoms with Crippen molar-refractivity contribution in [2.45, 2.75) is 6.42 Å². The van der Waals surface area contributed by atoms with E-state index in [1.54, 1.807) is 0 Å². The zero-order valence-electron chi connectivity index (χ0n) is 15.6. The monoisotopic (exact) mass is 402 g/mol. The lowest BCUT2D eigenvalue weighted by molar-refractivity contribution is 0.0697. The molecular weight excluding hydrogens is 384 g/mol. The lowest BCUT2D eigenvalue weighted by Gasteiger charge is -2.11. The van der Waals surface area contributed by atoms with Gasteiger partial charge in [-0.3, -0.25) is 0 Å². The fourth-order valence-electron chi connectivity index (χ4n) is 3.44. The second kappa shape index (κ2) is 8.38. The zero-order valence-corrected chi connectivity index (χ0v) is 16.4. The van der Waals surface area contributed by atoms with Gasteiger partial charge >= 0.3 is 5.97 Å². The molecule has 0 unspecified atom stereocenters. The zero-order chi connectivity index (χ0) is 20.2. The molecule has 0 radical (unpaired) electrons. The summed E-state index contributed by atoms with van der Waals surface area (Å²) in [4.78, 5) is 11.8. The molecule has 0 aliphatic heterocycles. The minimum Gasteiger partial charge on any atom is -0.493 e. The van der Waals surface area contributed by atoms with Gasteiger partial charge in [0.1, 0.15) is 5.75 Å². The summed E-state index contributed by atoms with van der Waals surface area (Å²) >= 11 is 5.94. The number of fused-ring (bicyclic) bond motifs is 1. The van der Waals surface area contributed by atoms with Crippen LogP contribution in [0.4, 0.5) is 0 Å². The van der Waals surface area contributed by atoms with Gasteiger partial charge in [0.05, 0.1) is 12.2 Å². The molecule has 4 rings (SSSR count). The van der Waals surface area contributed by atoms with Gasteiger partial charge in [0.25, 0.3) is 0 Å². The van der Waals surface area contributed by atoms with Crippen LogP contribution in [0.3, 0.4) is 0 Å². The molecule has 3 nitrogen and oxygen atoms in total. The molecular formula is C25H19ClO3. The number of halogens is 1. The van der Waals surface area contributed by atoms with Crippen molar-refractivity contribution in [3.63, 3.8) is 0 Å². The van der Waals surface area contributed by atoms with Crippen LogP contribution in [0.15, 0.2) is 84.9 Å². The summed E-state index contributed by atoms with van der Waals surface area (Å²) in [6.07, 6.45) is 0.519. The van der Waals surface area contributed by atoms with Crippen LogP contribution < -0.4 is 4.74 Å². The first-order valence-electron chi connectivity index (χ1n) is 9.34. The fourth-order valence-corrected chi connectivity index (χ4v) is 3.57. The van der Waals surface area contributed by atoms with Crippen LogP contribution in [0.5, 0.6) is 5.75 Å². The Hall–Kier alpha value is -3.30. The van der Waals surface area contributed by atoms with Gasteiger partial charge in [0.2, 0.25) is 0 Å². The van der Waals surface area contributed by atoms with Crippen molar-refractivity contribution in [1.29, 1.82) is 0 Å². The highest BCUT2D eigenvalue weighted by molar-refractivity contribution is 6.30. The first kappa shape index (κ1) is 19.0. The van der Waals surface area contributed by atoms with Crippen molar-refractivity contribution in [3.8, 4) is 16.9 Å². The summed E-state index contributed by atoms with van der Waals surface area (Å²) < 4.78 is 5.85. The Labute approximate surface area is 174 Å². The van der Waals surface area contributed by atoms with Crippen LogP contribution in [0.25, 0.3) is 21.9 Å². The van der Waals surface area contributed by atoms with Gasteiger partial charge in [-0.25, -0.2) is 4.79 Å². The Kier molecular flexibility index (Phi) is 5.50. The van der Waals surface area contributed by atoms with Crippen molar-refractivity contribution in [2.75, 3.05) is 6.61 Å². The van der Waals surface area contributed by atoms with E-state index < -0.39 is 5.97 Å². The predicted octanol–water partition coefficient (Wildman–Crippen LogP) is 6.48. The lowest BCUT2D eigenvalue weighted by atomic mass is 9.97. The number of carboxylic acids is 1. The third-order valence-corrected chi connectivity index (χ3v) is 5.15. The van der Waals surface area contributed by atoms with E-state index in [1.165, 1.54) is 0 Å². The van der Waals surface area contributed by atoms with E-state index in [0.717, 1.165) is 33.2 Å². The van der Waals surface area contributed by atoms with E-state index in [1.807, 2.05) is 84.9 Å². The highest BCUT2D eigenvalue weighted by atomic mass is 35.5. The molecule has 4 aromatic rings. The smallest absolute Gasteiger partial charge is 0.336 e. The molecule has 4 aromatic carbocycles. The molecule has 0 spiro atoms. The third-order valence-electron chi connectivity index (χ3n) is 4.90. The van der Waals surface area contributed by atoms with Gasteiger partial charge in [-0.15, -0.1) is 0 Å². The van der Waals surface area contributed by atoms with Crippen LogP contribution >= 0.6 is 11.6 Å². The Balaban J connectivity index is 1.46. The quantitative estimate of drug-likeness (QED) is 0.401. The van der Waals surface area contributed by atoms with Crippen LogP contribution in [0.1, 0.15) is 15.9 Å². The molecule has 0 bridgehead atoms. The van der Waals surface area contributed by atoms with Crippen molar-refractivity contribution in [2.24, 2.45) is 0 Å². The Bertz CT molecular complexity index is 1150. The third kappa shape index (κ3) is 4.25. The maximum atomic E-state index is 11.8. The van der Waals surface area contributed by atoms with Gasteiger partial charge in [-0.1, -0.05) is 72.3 Å². The van der Waals surface area contributed by atoms with E-state index in [9.17, 15) is 9.90 Å². The van der Waals surface area contributed by atoms with Gasteiger partial charge < -0.3 is 9.84 Å². The van der Waals surface area contributed by atoms with Crippen LogP contribution in [0, 0.1) is 0 Å². The van der Waals surface area contributed by atoms with Gasteiger partial charge in [0.15, 0.2) is 0 Å². The highest BCUT2D eigenvalue weighted by Gasteiger charge is 2.14. The fraction of sp³-hybridized carbons (Fsp3) is 0.0800. The highest BCUT2D eigenvalue weighted by Crippen LogP contribution is 2.25. The normalized spacial score (nSPS) is 10.8. The molecule has 0 saturated heterocycles. The summed E-state index contributed by atoms with van der Waals surface area (Å²) in [5.41, 5.74) is 3.29. The molecule has 29 heavy (non-hydrogen) atoms. The van der Waals surface area contributed by atoms with E-state index in [0.29, 0.717) is 23.6 Å². The number of hydrogen-bond donors (Lipinski definition) is 1. The van der Waals surface area contributed by atoms with E-state index in [2.05, 4.69) is 0 Å². The number of hydrogen-bond acceptors (Lipinski definition) is 2. The van der Waals surface area contributed by atoms with Crippen molar-refractivity contribution in [3.05, 3.63) is 101 Å². The molecule has 0 aliphatic carbocycles. The summed E-state index contributed by atoms with van der Waals surface area (Å²) in [6, 6.07) is 26.9. The lowest BCUT2D eigenvalue weighted by Crippen LogP contribution is -2.08. The SMILES string of the molecule is O=C(O)c1c(CCOc2ccc(-c3ccc(Cl)cc3)cc2)ccc2ccccc12. The number of benzene rings is 4. The number of ether oxygens (including phenoxy) is 1. The molecule has 0 aromatic heterocycles. The molecule has 0 fully saturated rings. The number of rotatable bonds is 6. The number of carbonyl (C=O) groups is 1. The van der Waals surface area contributed by atoms with Gasteiger partial charge in [0, 0.05) is 11.4 Å². The predicted molar refractivity (Wildman–Crippen MR) is 117 cm³/mol. The Morgan fingerprint density at radius 2 is 1.48 bits per heavy atom. The number of carboxylic acid groups (broad SMARTS) is 1. The van der Waals surface area contributed by atoms with Crippen LogP contribution in [-0.2, 0) is 6.42 Å². The topological polar surface area (TPSA) is 46.5 Å². The molecule has 0 heterocycles. The first-order chi connectivity index (χ1) is 14.1. The minimum atomic E-state index is -0.913. The maximum Gasteiger partial charge on any atom is 0.336 e. The molecule has 0 aliphatic rings. The largest absolute Gasteiger partial charge is 0.493 e. The first-order valence-corrected chi connectivity index (χ1v) is 9.72. The summed E-state index contributed by atoms with van der Waals surface area (Å²) in [5.74, 6) is -0.163. The molecule has 144 valence electrons. The van der Waals surface area contributed by atoms with Gasteiger partial charge in [-0.2, -0.15) is 0 Å². The van der Waals surface area contributed by atoms with Crippen LogP contribution in [-0.4, -0.2) is 17.7 Å². The molecule has 0 atom stereocenters. The second-order valence-electron chi connectivity index (χ2n) is 6.76. The average Bonchev–Trinajstić information content (AvgIpc) is 2.74. The maximum absolute atomic E-state index is 11.8. The minimum absolute atomic E-state index is 0.352. The van der Waals surface area contributed by atoms with Crippen LogP contribution in [0.2, 0.25) is 5.02 Å². The molecule has 1 N–H and O–H groups in total. The molecule has 0 saturated carbocycles. The summed E-state index contributed by atoms with van der Waals surface area (Å²) in [6.45, 7) is 0.402. The van der Waals surface area contributed by atoms with Crippen molar-refractivity contribution in [1.82, 2.24) is 0 Å². The average molecular weight is 403 g/mol.